The summed E-state index contributed by atoms with van der Waals surface area (Å²) in [6.45, 7) is 8.63. The number of para-hydroxylation sites is 1. The average molecular weight is 296 g/mol. The van der Waals surface area contributed by atoms with Gasteiger partial charge in [0.25, 0.3) is 0 Å². The molecule has 4 rings (SSSR count). The molecular weight excluding hydrogens is 276 g/mol. The van der Waals surface area contributed by atoms with Gasteiger partial charge in [-0.1, -0.05) is 19.1 Å². The Hall–Kier alpha value is -2.05. The number of nitrogens with zero attached hydrogens (tertiary/aromatic N) is 6. The van der Waals surface area contributed by atoms with Gasteiger partial charge >= 0.3 is 0 Å². The summed E-state index contributed by atoms with van der Waals surface area (Å²) in [5, 5.41) is 9.83. The monoisotopic (exact) mass is 296 g/mol. The molecule has 1 fully saturated rings. The highest BCUT2D eigenvalue weighted by Gasteiger charge is 2.18. The van der Waals surface area contributed by atoms with Crippen molar-refractivity contribution in [3.05, 3.63) is 36.4 Å². The molecule has 6 heteroatoms. The van der Waals surface area contributed by atoms with Crippen LogP contribution in [0.3, 0.4) is 0 Å². The largest absolute Gasteiger partial charge is 0.301 e. The number of likely N-dealkylation sites (N-methyl/N-ethyl adjacent to an activating group) is 1. The van der Waals surface area contributed by atoms with Crippen molar-refractivity contribution in [3.8, 4) is 0 Å². The molecule has 114 valence electrons. The van der Waals surface area contributed by atoms with Gasteiger partial charge in [-0.05, 0) is 18.7 Å². The van der Waals surface area contributed by atoms with E-state index in [-0.39, 0.29) is 0 Å². The SMILES string of the molecule is CCN1CCN(Cc2nnc3c4ccccc4ncn23)CC1. The summed E-state index contributed by atoms with van der Waals surface area (Å²) >= 11 is 0. The molecule has 0 spiro atoms. The van der Waals surface area contributed by atoms with E-state index in [0.717, 1.165) is 61.6 Å². The van der Waals surface area contributed by atoms with Gasteiger partial charge in [-0.15, -0.1) is 10.2 Å². The second-order valence-corrected chi connectivity index (χ2v) is 5.78. The van der Waals surface area contributed by atoms with Gasteiger partial charge in [-0.3, -0.25) is 9.30 Å². The summed E-state index contributed by atoms with van der Waals surface area (Å²) in [6, 6.07) is 8.07. The number of hydrogen-bond donors (Lipinski definition) is 0. The number of fused-ring (bicyclic) bond motifs is 3. The van der Waals surface area contributed by atoms with E-state index in [4.69, 9.17) is 0 Å². The Morgan fingerprint density at radius 2 is 1.77 bits per heavy atom. The van der Waals surface area contributed by atoms with Gasteiger partial charge in [0, 0.05) is 31.6 Å². The zero-order valence-electron chi connectivity index (χ0n) is 12.8. The molecule has 1 aliphatic heterocycles. The Labute approximate surface area is 129 Å². The summed E-state index contributed by atoms with van der Waals surface area (Å²) in [6.07, 6.45) is 1.84. The molecule has 0 aliphatic carbocycles. The highest BCUT2D eigenvalue weighted by atomic mass is 15.3. The van der Waals surface area contributed by atoms with Crippen molar-refractivity contribution in [1.29, 1.82) is 0 Å². The van der Waals surface area contributed by atoms with E-state index in [9.17, 15) is 0 Å². The molecule has 0 atom stereocenters. The molecule has 0 bridgehead atoms. The second-order valence-electron chi connectivity index (χ2n) is 5.78. The van der Waals surface area contributed by atoms with Crippen molar-refractivity contribution >= 4 is 16.6 Å². The molecule has 1 aliphatic rings. The first-order valence-electron chi connectivity index (χ1n) is 7.87. The lowest BCUT2D eigenvalue weighted by molar-refractivity contribution is 0.129. The van der Waals surface area contributed by atoms with Gasteiger partial charge in [0.05, 0.1) is 12.1 Å². The van der Waals surface area contributed by atoms with Gasteiger partial charge < -0.3 is 4.90 Å². The fraction of sp³-hybridized carbons (Fsp3) is 0.438. The molecule has 1 saturated heterocycles. The Kier molecular flexibility index (Phi) is 3.48. The van der Waals surface area contributed by atoms with Crippen LogP contribution in [0.1, 0.15) is 12.7 Å². The van der Waals surface area contributed by atoms with Crippen LogP contribution in [-0.4, -0.2) is 62.1 Å². The van der Waals surface area contributed by atoms with Crippen molar-refractivity contribution in [2.24, 2.45) is 0 Å². The molecular formula is C16H20N6. The quantitative estimate of drug-likeness (QED) is 0.731. The van der Waals surface area contributed by atoms with Gasteiger partial charge in [0.15, 0.2) is 11.5 Å². The Bertz CT molecular complexity index is 788. The summed E-state index contributed by atoms with van der Waals surface area (Å²) < 4.78 is 2.02. The number of piperazine rings is 1. The summed E-state index contributed by atoms with van der Waals surface area (Å²) in [5.41, 5.74) is 1.86. The number of rotatable bonds is 3. The van der Waals surface area contributed by atoms with Crippen molar-refractivity contribution in [2.45, 2.75) is 13.5 Å². The van der Waals surface area contributed by atoms with Gasteiger partial charge in [-0.2, -0.15) is 0 Å². The van der Waals surface area contributed by atoms with Crippen molar-refractivity contribution in [2.75, 3.05) is 32.7 Å². The van der Waals surface area contributed by atoms with Crippen LogP contribution in [-0.2, 0) is 6.54 Å². The first-order chi connectivity index (χ1) is 10.8. The summed E-state index contributed by atoms with van der Waals surface area (Å²) in [7, 11) is 0. The highest BCUT2D eigenvalue weighted by Crippen LogP contribution is 2.17. The van der Waals surface area contributed by atoms with E-state index in [1.165, 1.54) is 0 Å². The minimum absolute atomic E-state index is 0.832. The maximum absolute atomic E-state index is 4.52. The molecule has 1 aromatic carbocycles. The molecule has 0 amide bonds. The van der Waals surface area contributed by atoms with Crippen LogP contribution in [0.4, 0.5) is 0 Å². The third kappa shape index (κ3) is 2.34. The minimum atomic E-state index is 0.832. The molecule has 0 N–H and O–H groups in total. The van der Waals surface area contributed by atoms with E-state index in [1.807, 2.05) is 28.9 Å². The van der Waals surface area contributed by atoms with Crippen molar-refractivity contribution < 1.29 is 0 Å². The van der Waals surface area contributed by atoms with Crippen LogP contribution in [0, 0.1) is 0 Å². The molecule has 22 heavy (non-hydrogen) atoms. The van der Waals surface area contributed by atoms with Crippen molar-refractivity contribution in [3.63, 3.8) is 0 Å². The van der Waals surface area contributed by atoms with Crippen LogP contribution in [0.5, 0.6) is 0 Å². The van der Waals surface area contributed by atoms with Crippen LogP contribution in [0.2, 0.25) is 0 Å². The molecule has 0 radical (unpaired) electrons. The number of aromatic nitrogens is 4. The molecule has 6 nitrogen and oxygen atoms in total. The Morgan fingerprint density at radius 3 is 2.59 bits per heavy atom. The average Bonchev–Trinajstić information content (AvgIpc) is 2.99. The van der Waals surface area contributed by atoms with E-state index in [1.54, 1.807) is 0 Å². The second kappa shape index (κ2) is 5.62. The van der Waals surface area contributed by atoms with Crippen molar-refractivity contribution in [1.82, 2.24) is 29.4 Å². The maximum atomic E-state index is 4.52. The molecule has 3 heterocycles. The van der Waals surface area contributed by atoms with E-state index >= 15 is 0 Å². The van der Waals surface area contributed by atoms with E-state index in [2.05, 4.69) is 38.0 Å². The third-order valence-electron chi connectivity index (χ3n) is 4.50. The van der Waals surface area contributed by atoms with Crippen LogP contribution >= 0.6 is 0 Å². The summed E-state index contributed by atoms with van der Waals surface area (Å²) in [4.78, 5) is 9.44. The topological polar surface area (TPSA) is 49.6 Å². The lowest BCUT2D eigenvalue weighted by Gasteiger charge is -2.33. The van der Waals surface area contributed by atoms with Crippen LogP contribution in [0.15, 0.2) is 30.6 Å². The molecule has 0 unspecified atom stereocenters. The zero-order chi connectivity index (χ0) is 14.9. The molecule has 3 aromatic rings. The predicted molar refractivity (Wildman–Crippen MR) is 85.7 cm³/mol. The van der Waals surface area contributed by atoms with Crippen LogP contribution < -0.4 is 0 Å². The molecule has 2 aromatic heterocycles. The highest BCUT2D eigenvalue weighted by molar-refractivity contribution is 5.90. The number of hydrogen-bond acceptors (Lipinski definition) is 5. The smallest absolute Gasteiger partial charge is 0.171 e. The zero-order valence-corrected chi connectivity index (χ0v) is 12.8. The Balaban J connectivity index is 1.62. The number of benzene rings is 1. The van der Waals surface area contributed by atoms with Gasteiger partial charge in [0.2, 0.25) is 0 Å². The predicted octanol–water partition coefficient (Wildman–Crippen LogP) is 1.41. The van der Waals surface area contributed by atoms with Crippen LogP contribution in [0.25, 0.3) is 16.6 Å². The fourth-order valence-electron chi connectivity index (χ4n) is 3.10. The lowest BCUT2D eigenvalue weighted by Crippen LogP contribution is -2.45. The minimum Gasteiger partial charge on any atom is -0.301 e. The first kappa shape index (κ1) is 13.6. The van der Waals surface area contributed by atoms with Gasteiger partial charge in [-0.25, -0.2) is 4.98 Å². The standard InChI is InChI=1S/C16H20N6/c1-2-20-7-9-21(10-8-20)11-15-18-19-16-13-5-3-4-6-14(13)17-12-22(15)16/h3-6,12H,2,7-11H2,1H3. The lowest BCUT2D eigenvalue weighted by atomic mass is 10.2. The fourth-order valence-corrected chi connectivity index (χ4v) is 3.10. The molecule has 0 saturated carbocycles. The van der Waals surface area contributed by atoms with E-state index < -0.39 is 0 Å². The van der Waals surface area contributed by atoms with Gasteiger partial charge in [0.1, 0.15) is 6.33 Å². The first-order valence-corrected chi connectivity index (χ1v) is 7.87. The normalized spacial score (nSPS) is 17.5. The van der Waals surface area contributed by atoms with E-state index in [0.29, 0.717) is 0 Å². The third-order valence-corrected chi connectivity index (χ3v) is 4.50. The Morgan fingerprint density at radius 1 is 1.00 bits per heavy atom. The summed E-state index contributed by atoms with van der Waals surface area (Å²) in [5.74, 6) is 0.971. The maximum Gasteiger partial charge on any atom is 0.171 e.